The Morgan fingerprint density at radius 3 is 3.05 bits per heavy atom. The summed E-state index contributed by atoms with van der Waals surface area (Å²) in [5.74, 6) is -0.420. The van der Waals surface area contributed by atoms with Gasteiger partial charge in [0, 0.05) is 19.4 Å². The van der Waals surface area contributed by atoms with E-state index in [0.717, 1.165) is 12.8 Å². The molecule has 1 fully saturated rings. The van der Waals surface area contributed by atoms with E-state index in [9.17, 15) is 9.50 Å². The second-order valence-electron chi connectivity index (χ2n) is 5.35. The number of halogens is 2. The monoisotopic (exact) mass is 286 g/mol. The fourth-order valence-corrected chi connectivity index (χ4v) is 2.90. The Balaban J connectivity index is 2.10. The molecule has 2 atom stereocenters. The van der Waals surface area contributed by atoms with Crippen LogP contribution in [-0.4, -0.2) is 23.4 Å². The zero-order valence-electron chi connectivity index (χ0n) is 11.2. The summed E-state index contributed by atoms with van der Waals surface area (Å²) in [5, 5.41) is 10.8. The van der Waals surface area contributed by atoms with Gasteiger partial charge >= 0.3 is 0 Å². The zero-order valence-corrected chi connectivity index (χ0v) is 11.9. The number of ether oxygens (including phenoxy) is 1. The molecule has 1 aliphatic rings. The molecule has 1 aromatic rings. The van der Waals surface area contributed by atoms with Gasteiger partial charge in [-0.1, -0.05) is 37.1 Å². The molecule has 1 aliphatic heterocycles. The van der Waals surface area contributed by atoms with Crippen molar-refractivity contribution in [2.24, 2.45) is 0 Å². The predicted octanol–water partition coefficient (Wildman–Crippen LogP) is 3.73. The Labute approximate surface area is 118 Å². The van der Waals surface area contributed by atoms with Gasteiger partial charge in [0.1, 0.15) is 5.82 Å². The SMILES string of the molecule is CCCC1CC(O)(Cc2cccc(Cl)c2F)CCO1. The number of hydrogen-bond donors (Lipinski definition) is 1. The topological polar surface area (TPSA) is 29.5 Å². The van der Waals surface area contributed by atoms with Gasteiger partial charge in [0.2, 0.25) is 0 Å². The smallest absolute Gasteiger partial charge is 0.145 e. The van der Waals surface area contributed by atoms with Crippen molar-refractivity contribution in [1.82, 2.24) is 0 Å². The first-order valence-corrected chi connectivity index (χ1v) is 7.19. The molecule has 0 aromatic heterocycles. The van der Waals surface area contributed by atoms with Crippen molar-refractivity contribution in [2.45, 2.75) is 50.7 Å². The minimum absolute atomic E-state index is 0.0750. The van der Waals surface area contributed by atoms with E-state index in [1.807, 2.05) is 0 Å². The molecule has 0 saturated carbocycles. The fourth-order valence-electron chi connectivity index (χ4n) is 2.71. The third-order valence-corrected chi connectivity index (χ3v) is 3.98. The lowest BCUT2D eigenvalue weighted by Crippen LogP contribution is -2.42. The number of rotatable bonds is 4. The van der Waals surface area contributed by atoms with Crippen LogP contribution < -0.4 is 0 Å². The van der Waals surface area contributed by atoms with Crippen molar-refractivity contribution in [3.63, 3.8) is 0 Å². The van der Waals surface area contributed by atoms with Gasteiger partial charge in [0.05, 0.1) is 16.7 Å². The molecule has 1 N–H and O–H groups in total. The summed E-state index contributed by atoms with van der Waals surface area (Å²) in [7, 11) is 0. The van der Waals surface area contributed by atoms with Gasteiger partial charge in [0.15, 0.2) is 0 Å². The average Bonchev–Trinajstić information content (AvgIpc) is 2.35. The standard InChI is InChI=1S/C15H20ClFO2/c1-2-4-12-10-15(18,7-8-19-12)9-11-5-3-6-13(16)14(11)17/h3,5-6,12,18H,2,4,7-10H2,1H3. The third-order valence-electron chi connectivity index (χ3n) is 3.69. The van der Waals surface area contributed by atoms with E-state index in [-0.39, 0.29) is 11.1 Å². The molecule has 0 radical (unpaired) electrons. The maximum atomic E-state index is 13.9. The zero-order chi connectivity index (χ0) is 13.9. The summed E-state index contributed by atoms with van der Waals surface area (Å²) < 4.78 is 19.5. The van der Waals surface area contributed by atoms with Gasteiger partial charge in [-0.3, -0.25) is 0 Å². The summed E-state index contributed by atoms with van der Waals surface area (Å²) in [4.78, 5) is 0. The van der Waals surface area contributed by atoms with Crippen molar-refractivity contribution in [3.8, 4) is 0 Å². The number of aliphatic hydroxyl groups is 1. The number of benzene rings is 1. The molecule has 0 spiro atoms. The molecular weight excluding hydrogens is 267 g/mol. The Kier molecular flexibility index (Phi) is 4.82. The molecule has 4 heteroatoms. The lowest BCUT2D eigenvalue weighted by molar-refractivity contribution is -0.105. The van der Waals surface area contributed by atoms with Crippen LogP contribution in [0.15, 0.2) is 18.2 Å². The molecule has 1 heterocycles. The second-order valence-corrected chi connectivity index (χ2v) is 5.76. The highest BCUT2D eigenvalue weighted by atomic mass is 35.5. The molecule has 19 heavy (non-hydrogen) atoms. The van der Waals surface area contributed by atoms with E-state index in [1.54, 1.807) is 12.1 Å². The van der Waals surface area contributed by atoms with Gasteiger partial charge < -0.3 is 9.84 Å². The molecule has 0 bridgehead atoms. The van der Waals surface area contributed by atoms with E-state index < -0.39 is 11.4 Å². The van der Waals surface area contributed by atoms with Crippen LogP contribution in [0.3, 0.4) is 0 Å². The Bertz CT molecular complexity index is 436. The maximum Gasteiger partial charge on any atom is 0.145 e. The molecule has 2 unspecified atom stereocenters. The molecule has 2 nitrogen and oxygen atoms in total. The fraction of sp³-hybridized carbons (Fsp3) is 0.600. The first-order valence-electron chi connectivity index (χ1n) is 6.81. The molecule has 2 rings (SSSR count). The Morgan fingerprint density at radius 2 is 2.32 bits per heavy atom. The van der Waals surface area contributed by atoms with Crippen molar-refractivity contribution in [1.29, 1.82) is 0 Å². The quantitative estimate of drug-likeness (QED) is 0.914. The van der Waals surface area contributed by atoms with Crippen LogP contribution in [0.1, 0.15) is 38.2 Å². The van der Waals surface area contributed by atoms with Gasteiger partial charge in [-0.2, -0.15) is 0 Å². The van der Waals surface area contributed by atoms with Crippen molar-refractivity contribution < 1.29 is 14.2 Å². The maximum absolute atomic E-state index is 13.9. The Morgan fingerprint density at radius 1 is 1.53 bits per heavy atom. The van der Waals surface area contributed by atoms with Crippen LogP contribution in [0.4, 0.5) is 4.39 Å². The summed E-state index contributed by atoms with van der Waals surface area (Å²) in [6.07, 6.45) is 3.42. The van der Waals surface area contributed by atoms with E-state index in [2.05, 4.69) is 6.92 Å². The van der Waals surface area contributed by atoms with Crippen LogP contribution in [-0.2, 0) is 11.2 Å². The van der Waals surface area contributed by atoms with Crippen LogP contribution in [0.2, 0.25) is 5.02 Å². The Hall–Kier alpha value is -0.640. The van der Waals surface area contributed by atoms with E-state index >= 15 is 0 Å². The van der Waals surface area contributed by atoms with Gasteiger partial charge in [-0.15, -0.1) is 0 Å². The molecular formula is C15H20ClFO2. The highest BCUT2D eigenvalue weighted by Crippen LogP contribution is 2.32. The minimum atomic E-state index is -0.885. The third kappa shape index (κ3) is 3.68. The van der Waals surface area contributed by atoms with E-state index in [4.69, 9.17) is 16.3 Å². The lowest BCUT2D eigenvalue weighted by Gasteiger charge is -2.37. The van der Waals surface area contributed by atoms with Crippen LogP contribution in [0.5, 0.6) is 0 Å². The van der Waals surface area contributed by atoms with Gasteiger partial charge in [0.25, 0.3) is 0 Å². The van der Waals surface area contributed by atoms with Crippen LogP contribution >= 0.6 is 11.6 Å². The normalized spacial score (nSPS) is 27.5. The minimum Gasteiger partial charge on any atom is -0.389 e. The van der Waals surface area contributed by atoms with Gasteiger partial charge in [-0.05, 0) is 24.5 Å². The van der Waals surface area contributed by atoms with Crippen LogP contribution in [0.25, 0.3) is 0 Å². The van der Waals surface area contributed by atoms with Crippen molar-refractivity contribution in [2.75, 3.05) is 6.61 Å². The van der Waals surface area contributed by atoms with E-state index in [1.165, 1.54) is 6.07 Å². The van der Waals surface area contributed by atoms with Crippen LogP contribution in [0, 0.1) is 5.82 Å². The second kappa shape index (κ2) is 6.21. The van der Waals surface area contributed by atoms with Crippen molar-refractivity contribution >= 4 is 11.6 Å². The number of hydrogen-bond acceptors (Lipinski definition) is 2. The molecule has 1 aromatic carbocycles. The summed E-state index contributed by atoms with van der Waals surface area (Å²) in [6, 6.07) is 4.92. The van der Waals surface area contributed by atoms with E-state index in [0.29, 0.717) is 31.4 Å². The molecule has 106 valence electrons. The van der Waals surface area contributed by atoms with Crippen molar-refractivity contribution in [3.05, 3.63) is 34.6 Å². The summed E-state index contributed by atoms with van der Waals surface area (Å²) >= 11 is 5.77. The first-order chi connectivity index (χ1) is 9.04. The highest BCUT2D eigenvalue weighted by Gasteiger charge is 2.35. The largest absolute Gasteiger partial charge is 0.389 e. The average molecular weight is 287 g/mol. The summed E-state index contributed by atoms with van der Waals surface area (Å²) in [6.45, 7) is 2.62. The molecule has 1 saturated heterocycles. The predicted molar refractivity (Wildman–Crippen MR) is 73.9 cm³/mol. The molecule has 0 amide bonds. The summed E-state index contributed by atoms with van der Waals surface area (Å²) in [5.41, 5.74) is -0.406. The first kappa shape index (κ1) is 14.8. The van der Waals surface area contributed by atoms with Gasteiger partial charge in [-0.25, -0.2) is 4.39 Å². The highest BCUT2D eigenvalue weighted by molar-refractivity contribution is 6.30. The molecule has 0 aliphatic carbocycles. The lowest BCUT2D eigenvalue weighted by atomic mass is 9.83.